The maximum atomic E-state index is 2.31. The summed E-state index contributed by atoms with van der Waals surface area (Å²) in [7, 11) is -2.16. The quantitative estimate of drug-likeness (QED) is 0.372. The Balaban J connectivity index is 0.00000210. The summed E-state index contributed by atoms with van der Waals surface area (Å²) in [4.78, 5) is 0. The van der Waals surface area contributed by atoms with Gasteiger partial charge in [0.2, 0.25) is 0 Å². The van der Waals surface area contributed by atoms with Crippen molar-refractivity contribution in [3.05, 3.63) is 127 Å². The van der Waals surface area contributed by atoms with Crippen LogP contribution in [0.3, 0.4) is 0 Å². The molecule has 0 N–H and O–H groups in total. The van der Waals surface area contributed by atoms with Crippen molar-refractivity contribution in [1.82, 2.24) is 0 Å². The van der Waals surface area contributed by atoms with Crippen LogP contribution in [0.5, 0.6) is 0 Å². The van der Waals surface area contributed by atoms with E-state index in [-0.39, 0.29) is 8.41 Å². The van der Waals surface area contributed by atoms with Gasteiger partial charge in [0.1, 0.15) is 0 Å². The van der Waals surface area contributed by atoms with E-state index in [9.17, 15) is 0 Å². The van der Waals surface area contributed by atoms with E-state index >= 15 is 0 Å². The molecule has 0 radical (unpaired) electrons. The van der Waals surface area contributed by atoms with Crippen LogP contribution in [-0.2, 0) is 6.16 Å². The number of hydrogen-bond donors (Lipinski definition) is 0. The first kappa shape index (κ1) is 19.1. The van der Waals surface area contributed by atoms with Gasteiger partial charge in [-0.15, -0.1) is 0 Å². The molecule has 0 saturated carbocycles. The van der Waals surface area contributed by atoms with Crippen LogP contribution in [0.4, 0.5) is 0 Å². The number of benzene rings is 4. The fourth-order valence-corrected chi connectivity index (χ4v) is 8.62. The van der Waals surface area contributed by atoms with E-state index < -0.39 is 7.26 Å². The molecule has 134 valence electrons. The van der Waals surface area contributed by atoms with E-state index in [2.05, 4.69) is 121 Å². The Morgan fingerprint density at radius 1 is 0.407 bits per heavy atom. The molecule has 0 atom stereocenters. The van der Waals surface area contributed by atoms with Gasteiger partial charge in [-0.05, 0) is 0 Å². The fourth-order valence-electron chi connectivity index (χ4n) is 3.88. The van der Waals surface area contributed by atoms with E-state index in [0.717, 1.165) is 6.16 Å². The van der Waals surface area contributed by atoms with E-state index in [1.54, 1.807) is 0 Å². The molecular formula is C25H26BP. The summed E-state index contributed by atoms with van der Waals surface area (Å²) >= 11 is 0. The van der Waals surface area contributed by atoms with Crippen LogP contribution in [0, 0.1) is 0 Å². The van der Waals surface area contributed by atoms with Gasteiger partial charge in [-0.1, -0.05) is 0 Å². The van der Waals surface area contributed by atoms with Crippen molar-refractivity contribution in [2.24, 2.45) is 0 Å². The van der Waals surface area contributed by atoms with Gasteiger partial charge < -0.3 is 0 Å². The first-order chi connectivity index (χ1) is 12.9. The molecule has 4 aromatic rings. The van der Waals surface area contributed by atoms with Crippen molar-refractivity contribution in [2.45, 2.75) is 6.16 Å². The summed E-state index contributed by atoms with van der Waals surface area (Å²) in [6.07, 6.45) is 1.06. The second-order valence-electron chi connectivity index (χ2n) is 6.67. The van der Waals surface area contributed by atoms with Gasteiger partial charge in [-0.25, -0.2) is 0 Å². The minimum atomic E-state index is -2.16. The van der Waals surface area contributed by atoms with Crippen LogP contribution < -0.4 is 15.9 Å². The Morgan fingerprint density at radius 3 is 1.04 bits per heavy atom. The van der Waals surface area contributed by atoms with Crippen LogP contribution in [0.25, 0.3) is 0 Å². The summed E-state index contributed by atoms with van der Waals surface area (Å²) in [5, 5.41) is 4.38. The average molecular weight is 368 g/mol. The number of hydrogen-bond acceptors (Lipinski definition) is 0. The van der Waals surface area contributed by atoms with Gasteiger partial charge in [-0.2, -0.15) is 0 Å². The summed E-state index contributed by atoms with van der Waals surface area (Å²) < 4.78 is 0. The molecule has 0 aromatic heterocycles. The van der Waals surface area contributed by atoms with Crippen LogP contribution in [0.15, 0.2) is 121 Å². The third kappa shape index (κ3) is 3.89. The second-order valence-corrected chi connectivity index (χ2v) is 10.6. The summed E-state index contributed by atoms with van der Waals surface area (Å²) in [6, 6.07) is 44.2. The van der Waals surface area contributed by atoms with Crippen molar-refractivity contribution in [3.63, 3.8) is 0 Å². The molecule has 0 bridgehead atoms. The molecule has 0 fully saturated rings. The first-order valence-corrected chi connectivity index (χ1v) is 11.3. The van der Waals surface area contributed by atoms with Crippen molar-refractivity contribution >= 4 is 31.6 Å². The molecule has 2 heteroatoms. The standard InChI is InChI=1S/C25H23P.BH3/c1-5-13-22(14-6-1)21-26(23-15-7-2-8-16-23,24-17-9-3-10-18-24)25-19-11-4-12-20-25;/h1-20,26H,21H2;1H3. The van der Waals surface area contributed by atoms with Crippen LogP contribution in [-0.4, -0.2) is 8.41 Å². The van der Waals surface area contributed by atoms with Crippen molar-refractivity contribution in [2.75, 3.05) is 0 Å². The number of rotatable bonds is 5. The third-order valence-corrected chi connectivity index (χ3v) is 10.0. The van der Waals surface area contributed by atoms with Crippen molar-refractivity contribution in [1.29, 1.82) is 0 Å². The fraction of sp³-hybridized carbons (Fsp3) is 0.0400. The molecule has 0 saturated heterocycles. The van der Waals surface area contributed by atoms with Crippen LogP contribution >= 0.6 is 7.26 Å². The van der Waals surface area contributed by atoms with Crippen LogP contribution in [0.2, 0.25) is 0 Å². The molecule has 27 heavy (non-hydrogen) atoms. The predicted molar refractivity (Wildman–Crippen MR) is 127 cm³/mol. The molecule has 0 spiro atoms. The summed E-state index contributed by atoms with van der Waals surface area (Å²) in [5.41, 5.74) is 1.40. The molecule has 0 heterocycles. The Hall–Kier alpha value is -2.63. The maximum absolute atomic E-state index is 2.31. The first-order valence-electron chi connectivity index (χ1n) is 9.10. The SMILES string of the molecule is B.c1ccc(C[PH](c2ccccc2)(c2ccccc2)c2ccccc2)cc1. The topological polar surface area (TPSA) is 0 Å². The predicted octanol–water partition coefficient (Wildman–Crippen LogP) is 3.73. The Bertz CT molecular complexity index is 842. The Labute approximate surface area is 164 Å². The van der Waals surface area contributed by atoms with Crippen LogP contribution in [0.1, 0.15) is 5.56 Å². The average Bonchev–Trinajstić information content (AvgIpc) is 2.75. The minimum absolute atomic E-state index is 0. The summed E-state index contributed by atoms with van der Waals surface area (Å²) in [5.74, 6) is 0. The van der Waals surface area contributed by atoms with Gasteiger partial charge in [-0.3, -0.25) is 0 Å². The third-order valence-electron chi connectivity index (χ3n) is 5.11. The van der Waals surface area contributed by atoms with Crippen molar-refractivity contribution in [3.8, 4) is 0 Å². The molecule has 0 aliphatic rings. The molecule has 0 unspecified atom stereocenters. The van der Waals surface area contributed by atoms with E-state index in [0.29, 0.717) is 0 Å². The normalized spacial score (nSPS) is 11.4. The Morgan fingerprint density at radius 2 is 0.704 bits per heavy atom. The van der Waals surface area contributed by atoms with Gasteiger partial charge in [0.25, 0.3) is 0 Å². The molecule has 0 amide bonds. The monoisotopic (exact) mass is 368 g/mol. The van der Waals surface area contributed by atoms with Gasteiger partial charge in [0.05, 0.1) is 8.41 Å². The molecule has 4 aromatic carbocycles. The Kier molecular flexibility index (Phi) is 6.27. The molecule has 0 aliphatic carbocycles. The van der Waals surface area contributed by atoms with E-state index in [4.69, 9.17) is 0 Å². The zero-order valence-electron chi connectivity index (χ0n) is 14.8. The molecule has 0 nitrogen and oxygen atoms in total. The zero-order chi connectivity index (χ0) is 17.7. The van der Waals surface area contributed by atoms with E-state index in [1.165, 1.54) is 21.5 Å². The molecule has 4 rings (SSSR count). The van der Waals surface area contributed by atoms with Crippen molar-refractivity contribution < 1.29 is 0 Å². The molecular weight excluding hydrogens is 342 g/mol. The summed E-state index contributed by atoms with van der Waals surface area (Å²) in [6.45, 7) is 0. The van der Waals surface area contributed by atoms with Gasteiger partial charge in [0, 0.05) is 0 Å². The van der Waals surface area contributed by atoms with Gasteiger partial charge in [0.15, 0.2) is 0 Å². The second kappa shape index (κ2) is 8.84. The van der Waals surface area contributed by atoms with E-state index in [1.807, 2.05) is 0 Å². The molecule has 0 aliphatic heterocycles. The van der Waals surface area contributed by atoms with Gasteiger partial charge >= 0.3 is 156 Å². The zero-order valence-corrected chi connectivity index (χ0v) is 15.8.